The summed E-state index contributed by atoms with van der Waals surface area (Å²) in [7, 11) is 0. The number of rotatable bonds is 4. The zero-order valence-corrected chi connectivity index (χ0v) is 17.0. The van der Waals surface area contributed by atoms with E-state index in [0.717, 1.165) is 24.8 Å². The van der Waals surface area contributed by atoms with E-state index in [1.807, 2.05) is 36.4 Å². The van der Waals surface area contributed by atoms with Crippen molar-refractivity contribution in [3.8, 4) is 0 Å². The second-order valence-corrected chi connectivity index (χ2v) is 9.53. The van der Waals surface area contributed by atoms with Gasteiger partial charge in [0.05, 0.1) is 11.7 Å². The van der Waals surface area contributed by atoms with Crippen LogP contribution in [-0.2, 0) is 14.3 Å². The highest BCUT2D eigenvalue weighted by atomic mass is 16.6. The van der Waals surface area contributed by atoms with Crippen molar-refractivity contribution in [1.29, 1.82) is 0 Å². The van der Waals surface area contributed by atoms with Crippen LogP contribution in [0.5, 0.6) is 0 Å². The van der Waals surface area contributed by atoms with Crippen LogP contribution in [0.1, 0.15) is 58.9 Å². The van der Waals surface area contributed by atoms with E-state index in [0.29, 0.717) is 23.9 Å². The third-order valence-electron chi connectivity index (χ3n) is 7.51. The van der Waals surface area contributed by atoms with Crippen LogP contribution in [-0.4, -0.2) is 23.8 Å². The van der Waals surface area contributed by atoms with Gasteiger partial charge < -0.3 is 9.47 Å². The first-order chi connectivity index (χ1) is 12.8. The summed E-state index contributed by atoms with van der Waals surface area (Å²) in [5, 5.41) is 0. The number of carbonyl (C=O) groups is 1. The van der Waals surface area contributed by atoms with Crippen molar-refractivity contribution >= 4 is 12.0 Å². The number of benzene rings is 1. The topological polar surface area (TPSA) is 35.5 Å². The van der Waals surface area contributed by atoms with E-state index in [1.165, 1.54) is 6.42 Å². The van der Waals surface area contributed by atoms with Gasteiger partial charge in [0.25, 0.3) is 0 Å². The molecule has 0 amide bonds. The van der Waals surface area contributed by atoms with Gasteiger partial charge in [-0.25, -0.2) is 4.79 Å². The standard InChI is InChI=1S/C24H32O3/c1-16(2)18-12-14-23(3)19-13-15-24(4,27-19)22(23)21(18)26-20(25)11-10-17-8-6-5-7-9-17/h5-11,16,18-19,21-22H,12-15H2,1-4H3/b11-10+/t18-,19-,21+,22+,23-,24+/m0/s1. The largest absolute Gasteiger partial charge is 0.458 e. The minimum absolute atomic E-state index is 0.0630. The molecule has 0 unspecified atom stereocenters. The molecule has 27 heavy (non-hydrogen) atoms. The molecule has 146 valence electrons. The summed E-state index contributed by atoms with van der Waals surface area (Å²) < 4.78 is 12.6. The van der Waals surface area contributed by atoms with Gasteiger partial charge in [-0.1, -0.05) is 51.1 Å². The highest BCUT2D eigenvalue weighted by molar-refractivity contribution is 5.87. The molecule has 4 rings (SSSR count). The number of carbonyl (C=O) groups excluding carboxylic acids is 1. The molecule has 0 aromatic heterocycles. The molecule has 2 saturated heterocycles. The number of hydrogen-bond donors (Lipinski definition) is 0. The summed E-state index contributed by atoms with van der Waals surface area (Å²) >= 11 is 0. The zero-order valence-electron chi connectivity index (χ0n) is 17.0. The lowest BCUT2D eigenvalue weighted by Crippen LogP contribution is -2.56. The Kier molecular flexibility index (Phi) is 4.70. The summed E-state index contributed by atoms with van der Waals surface area (Å²) in [6, 6.07) is 9.90. The summed E-state index contributed by atoms with van der Waals surface area (Å²) in [5.41, 5.74) is 0.992. The molecule has 3 aliphatic rings. The Labute approximate surface area is 163 Å². The van der Waals surface area contributed by atoms with Gasteiger partial charge in [0.15, 0.2) is 0 Å². The average Bonchev–Trinajstić information content (AvgIpc) is 3.13. The monoisotopic (exact) mass is 368 g/mol. The molecule has 1 saturated carbocycles. The molecule has 1 aliphatic carbocycles. The zero-order chi connectivity index (χ0) is 19.2. The fraction of sp³-hybridized carbons (Fsp3) is 0.625. The van der Waals surface area contributed by atoms with E-state index in [-0.39, 0.29) is 23.1 Å². The SMILES string of the molecule is CC(C)[C@@H]1CC[C@@]2(C)[C@@H]3CC[C@@](C)(O3)[C@@H]2[C@@H]1OC(=O)/C=C/c1ccccc1. The fourth-order valence-corrected chi connectivity index (χ4v) is 6.15. The van der Waals surface area contributed by atoms with E-state index in [1.54, 1.807) is 6.08 Å². The molecule has 2 aliphatic heterocycles. The Bertz CT molecular complexity index is 724. The van der Waals surface area contributed by atoms with Crippen LogP contribution in [0, 0.1) is 23.2 Å². The predicted molar refractivity (Wildman–Crippen MR) is 107 cm³/mol. The van der Waals surface area contributed by atoms with Gasteiger partial charge in [-0.05, 0) is 56.1 Å². The van der Waals surface area contributed by atoms with Crippen LogP contribution in [0.2, 0.25) is 0 Å². The Morgan fingerprint density at radius 1 is 1.19 bits per heavy atom. The van der Waals surface area contributed by atoms with Crippen molar-refractivity contribution in [3.05, 3.63) is 42.0 Å². The molecule has 3 fully saturated rings. The van der Waals surface area contributed by atoms with Gasteiger partial charge in [-0.3, -0.25) is 0 Å². The maximum Gasteiger partial charge on any atom is 0.331 e. The van der Waals surface area contributed by atoms with Gasteiger partial charge in [0.2, 0.25) is 0 Å². The lowest BCUT2D eigenvalue weighted by molar-refractivity contribution is -0.166. The van der Waals surface area contributed by atoms with Crippen molar-refractivity contribution in [2.24, 2.45) is 23.2 Å². The van der Waals surface area contributed by atoms with E-state index in [2.05, 4.69) is 27.7 Å². The smallest absolute Gasteiger partial charge is 0.331 e. The van der Waals surface area contributed by atoms with Crippen LogP contribution in [0.3, 0.4) is 0 Å². The van der Waals surface area contributed by atoms with Crippen molar-refractivity contribution in [2.75, 3.05) is 0 Å². The molecule has 3 nitrogen and oxygen atoms in total. The Morgan fingerprint density at radius 2 is 1.93 bits per heavy atom. The minimum Gasteiger partial charge on any atom is -0.458 e. The molecule has 2 heterocycles. The lowest BCUT2D eigenvalue weighted by Gasteiger charge is -2.52. The summed E-state index contributed by atoms with van der Waals surface area (Å²) in [5.74, 6) is 0.953. The molecule has 0 N–H and O–H groups in total. The van der Waals surface area contributed by atoms with Crippen molar-refractivity contribution < 1.29 is 14.3 Å². The van der Waals surface area contributed by atoms with Gasteiger partial charge in [0, 0.05) is 17.4 Å². The maximum absolute atomic E-state index is 12.7. The number of fused-ring (bicyclic) bond motifs is 5. The van der Waals surface area contributed by atoms with Gasteiger partial charge in [0.1, 0.15) is 6.10 Å². The van der Waals surface area contributed by atoms with E-state index in [4.69, 9.17) is 9.47 Å². The van der Waals surface area contributed by atoms with Gasteiger partial charge in [-0.2, -0.15) is 0 Å². The second-order valence-electron chi connectivity index (χ2n) is 9.53. The van der Waals surface area contributed by atoms with E-state index < -0.39 is 0 Å². The second kappa shape index (κ2) is 6.77. The predicted octanol–water partition coefficient (Wildman–Crippen LogP) is 5.25. The van der Waals surface area contributed by atoms with E-state index in [9.17, 15) is 4.79 Å². The third-order valence-corrected chi connectivity index (χ3v) is 7.51. The van der Waals surface area contributed by atoms with Crippen molar-refractivity contribution in [3.63, 3.8) is 0 Å². The van der Waals surface area contributed by atoms with Crippen LogP contribution >= 0.6 is 0 Å². The molecular weight excluding hydrogens is 336 g/mol. The molecule has 3 heteroatoms. The van der Waals surface area contributed by atoms with Gasteiger partial charge >= 0.3 is 5.97 Å². The highest BCUT2D eigenvalue weighted by Crippen LogP contribution is 2.65. The molecule has 0 spiro atoms. The first-order valence-electron chi connectivity index (χ1n) is 10.4. The van der Waals surface area contributed by atoms with Crippen LogP contribution in [0.15, 0.2) is 36.4 Å². The summed E-state index contributed by atoms with van der Waals surface area (Å²) in [6.45, 7) is 9.12. The normalized spacial score (nSPS) is 40.5. The Morgan fingerprint density at radius 3 is 2.63 bits per heavy atom. The number of esters is 1. The number of hydrogen-bond acceptors (Lipinski definition) is 3. The van der Waals surface area contributed by atoms with Crippen LogP contribution < -0.4 is 0 Å². The lowest BCUT2D eigenvalue weighted by atomic mass is 9.53. The highest BCUT2D eigenvalue weighted by Gasteiger charge is 2.68. The quantitative estimate of drug-likeness (QED) is 0.538. The van der Waals surface area contributed by atoms with Crippen molar-refractivity contribution in [1.82, 2.24) is 0 Å². The van der Waals surface area contributed by atoms with E-state index >= 15 is 0 Å². The molecule has 1 aromatic rings. The fourth-order valence-electron chi connectivity index (χ4n) is 6.15. The van der Waals surface area contributed by atoms with Crippen molar-refractivity contribution in [2.45, 2.75) is 71.2 Å². The van der Waals surface area contributed by atoms with Gasteiger partial charge in [-0.15, -0.1) is 0 Å². The summed E-state index contributed by atoms with van der Waals surface area (Å²) in [4.78, 5) is 12.7. The third kappa shape index (κ3) is 3.14. The molecule has 6 atom stereocenters. The minimum atomic E-state index is -0.231. The summed E-state index contributed by atoms with van der Waals surface area (Å²) in [6.07, 6.45) is 8.19. The first-order valence-corrected chi connectivity index (χ1v) is 10.4. The molecular formula is C24H32O3. The molecule has 0 radical (unpaired) electrons. The number of ether oxygens (including phenoxy) is 2. The average molecular weight is 369 g/mol. The van der Waals surface area contributed by atoms with Crippen LogP contribution in [0.4, 0.5) is 0 Å². The Balaban J connectivity index is 1.57. The first kappa shape index (κ1) is 18.7. The Hall–Kier alpha value is -1.61. The molecule has 1 aromatic carbocycles. The van der Waals surface area contributed by atoms with Crippen LogP contribution in [0.25, 0.3) is 6.08 Å². The maximum atomic E-state index is 12.7. The molecule has 2 bridgehead atoms.